The maximum Gasteiger partial charge on any atom is 0.308 e. The van der Waals surface area contributed by atoms with Crippen LogP contribution < -0.4 is 5.32 Å². The van der Waals surface area contributed by atoms with Gasteiger partial charge in [0.1, 0.15) is 5.82 Å². The molecule has 1 N–H and O–H groups in total. The number of nitrogens with zero attached hydrogens (tertiary/aromatic N) is 5. The lowest BCUT2D eigenvalue weighted by Crippen LogP contribution is -2.20. The van der Waals surface area contributed by atoms with Gasteiger partial charge in [-0.05, 0) is 42.0 Å². The van der Waals surface area contributed by atoms with E-state index in [0.29, 0.717) is 11.5 Å². The van der Waals surface area contributed by atoms with Gasteiger partial charge in [-0.15, -0.1) is 14.8 Å². The highest BCUT2D eigenvalue weighted by Gasteiger charge is 2.18. The van der Waals surface area contributed by atoms with Crippen molar-refractivity contribution in [1.29, 1.82) is 0 Å². The Morgan fingerprint density at radius 2 is 2.00 bits per heavy atom. The fourth-order valence-corrected chi connectivity index (χ4v) is 2.32. The van der Waals surface area contributed by atoms with Gasteiger partial charge in [-0.2, -0.15) is 0 Å². The Hall–Kier alpha value is -3.03. The molecule has 3 aromatic rings. The number of tetrazole rings is 1. The number of aromatic nitrogens is 5. The van der Waals surface area contributed by atoms with E-state index in [-0.39, 0.29) is 24.5 Å². The molecule has 0 bridgehead atoms. The Morgan fingerprint density at radius 3 is 2.75 bits per heavy atom. The SMILES string of the molecule is CC(C)OC(=O)C[C@@H](Nc1ccc2nnnn2n1)c1ccccc1. The molecule has 1 aromatic carbocycles. The number of hydrogen-bond donors (Lipinski definition) is 1. The maximum absolute atomic E-state index is 12.1. The third-order valence-corrected chi connectivity index (χ3v) is 3.33. The number of nitrogens with one attached hydrogen (secondary N) is 1. The zero-order valence-corrected chi connectivity index (χ0v) is 13.5. The van der Waals surface area contributed by atoms with Gasteiger partial charge < -0.3 is 10.1 Å². The Labute approximate surface area is 138 Å². The molecular weight excluding hydrogens is 308 g/mol. The molecule has 124 valence electrons. The second kappa shape index (κ2) is 7.03. The number of carbonyl (C=O) groups is 1. The van der Waals surface area contributed by atoms with Crippen LogP contribution in [0.2, 0.25) is 0 Å². The molecule has 0 aliphatic heterocycles. The number of carbonyl (C=O) groups excluding carboxylic acids is 1. The van der Waals surface area contributed by atoms with Crippen LogP contribution in [0.25, 0.3) is 5.65 Å². The predicted octanol–water partition coefficient (Wildman–Crippen LogP) is 2.01. The van der Waals surface area contributed by atoms with E-state index in [2.05, 4.69) is 25.9 Å². The summed E-state index contributed by atoms with van der Waals surface area (Å²) >= 11 is 0. The second-order valence-electron chi connectivity index (χ2n) is 5.60. The van der Waals surface area contributed by atoms with Gasteiger partial charge in [0.15, 0.2) is 5.65 Å². The number of rotatable bonds is 6. The van der Waals surface area contributed by atoms with Crippen molar-refractivity contribution in [1.82, 2.24) is 25.3 Å². The largest absolute Gasteiger partial charge is 0.463 e. The van der Waals surface area contributed by atoms with Crippen molar-refractivity contribution >= 4 is 17.4 Å². The average Bonchev–Trinajstić information content (AvgIpc) is 3.02. The summed E-state index contributed by atoms with van der Waals surface area (Å²) in [5.41, 5.74) is 1.52. The quantitative estimate of drug-likeness (QED) is 0.692. The molecule has 0 saturated carbocycles. The van der Waals surface area contributed by atoms with Gasteiger partial charge in [-0.3, -0.25) is 4.79 Å². The predicted molar refractivity (Wildman–Crippen MR) is 87.2 cm³/mol. The lowest BCUT2D eigenvalue weighted by molar-refractivity contribution is -0.147. The summed E-state index contributed by atoms with van der Waals surface area (Å²) in [7, 11) is 0. The number of anilines is 1. The van der Waals surface area contributed by atoms with E-state index in [1.165, 1.54) is 4.63 Å². The first-order valence-corrected chi connectivity index (χ1v) is 7.68. The number of benzene rings is 1. The van der Waals surface area contributed by atoms with Gasteiger partial charge in [-0.1, -0.05) is 30.3 Å². The Balaban J connectivity index is 1.82. The van der Waals surface area contributed by atoms with Crippen LogP contribution in [0.3, 0.4) is 0 Å². The Kier molecular flexibility index (Phi) is 4.64. The molecule has 8 nitrogen and oxygen atoms in total. The molecule has 0 radical (unpaired) electrons. The van der Waals surface area contributed by atoms with Crippen LogP contribution in [0.5, 0.6) is 0 Å². The van der Waals surface area contributed by atoms with Crippen molar-refractivity contribution in [2.45, 2.75) is 32.4 Å². The fourth-order valence-electron chi connectivity index (χ4n) is 2.32. The molecule has 8 heteroatoms. The number of hydrogen-bond acceptors (Lipinski definition) is 7. The van der Waals surface area contributed by atoms with E-state index >= 15 is 0 Å². The van der Waals surface area contributed by atoms with Crippen molar-refractivity contribution in [2.75, 3.05) is 5.32 Å². The lowest BCUT2D eigenvalue weighted by atomic mass is 10.0. The van der Waals surface area contributed by atoms with Crippen LogP contribution in [0.1, 0.15) is 31.9 Å². The van der Waals surface area contributed by atoms with E-state index < -0.39 is 0 Å². The summed E-state index contributed by atoms with van der Waals surface area (Å²) in [5.74, 6) is 0.302. The first kappa shape index (κ1) is 15.9. The topological polar surface area (TPSA) is 94.3 Å². The number of ether oxygens (including phenoxy) is 1. The van der Waals surface area contributed by atoms with E-state index in [1.807, 2.05) is 44.2 Å². The molecule has 0 aliphatic rings. The summed E-state index contributed by atoms with van der Waals surface area (Å²) in [4.78, 5) is 12.1. The summed E-state index contributed by atoms with van der Waals surface area (Å²) in [6.45, 7) is 3.66. The first-order chi connectivity index (χ1) is 11.6. The van der Waals surface area contributed by atoms with Gasteiger partial charge in [-0.25, -0.2) is 0 Å². The minimum atomic E-state index is -0.269. The minimum absolute atomic E-state index is 0.148. The Morgan fingerprint density at radius 1 is 1.21 bits per heavy atom. The fraction of sp³-hybridized carbons (Fsp3) is 0.312. The number of esters is 1. The van der Waals surface area contributed by atoms with Gasteiger partial charge in [0.2, 0.25) is 0 Å². The zero-order chi connectivity index (χ0) is 16.9. The van der Waals surface area contributed by atoms with E-state index in [9.17, 15) is 4.79 Å². The minimum Gasteiger partial charge on any atom is -0.463 e. The lowest BCUT2D eigenvalue weighted by Gasteiger charge is -2.19. The van der Waals surface area contributed by atoms with Crippen molar-refractivity contribution in [2.24, 2.45) is 0 Å². The van der Waals surface area contributed by atoms with E-state index in [1.54, 1.807) is 12.1 Å². The zero-order valence-electron chi connectivity index (χ0n) is 13.5. The average molecular weight is 326 g/mol. The van der Waals surface area contributed by atoms with Crippen molar-refractivity contribution in [3.05, 3.63) is 48.0 Å². The Bertz CT molecular complexity index is 818. The van der Waals surface area contributed by atoms with Crippen LogP contribution in [-0.2, 0) is 9.53 Å². The van der Waals surface area contributed by atoms with E-state index in [4.69, 9.17) is 4.74 Å². The third kappa shape index (κ3) is 3.83. The number of fused-ring (bicyclic) bond motifs is 1. The van der Waals surface area contributed by atoms with Crippen molar-refractivity contribution in [3.63, 3.8) is 0 Å². The smallest absolute Gasteiger partial charge is 0.308 e. The normalized spacial score (nSPS) is 12.3. The van der Waals surface area contributed by atoms with Gasteiger partial charge >= 0.3 is 5.97 Å². The summed E-state index contributed by atoms with van der Waals surface area (Å²) < 4.78 is 6.59. The van der Waals surface area contributed by atoms with Crippen molar-refractivity contribution in [3.8, 4) is 0 Å². The molecular formula is C16H18N6O2. The summed E-state index contributed by atoms with van der Waals surface area (Å²) in [5, 5.41) is 18.7. The van der Waals surface area contributed by atoms with Gasteiger partial charge in [0.25, 0.3) is 0 Å². The molecule has 2 heterocycles. The standard InChI is InChI=1S/C16H18N6O2/c1-11(2)24-16(23)10-13(12-6-4-3-5-7-12)17-14-8-9-15-18-20-21-22(15)19-14/h3-9,11,13H,10H2,1-2H3,(H,17,19)/t13-/m1/s1. The molecule has 24 heavy (non-hydrogen) atoms. The monoisotopic (exact) mass is 326 g/mol. The molecule has 0 fully saturated rings. The van der Waals surface area contributed by atoms with Crippen LogP contribution in [0.15, 0.2) is 42.5 Å². The molecule has 0 amide bonds. The van der Waals surface area contributed by atoms with Crippen molar-refractivity contribution < 1.29 is 9.53 Å². The third-order valence-electron chi connectivity index (χ3n) is 3.33. The van der Waals surface area contributed by atoms with Crippen LogP contribution in [0.4, 0.5) is 5.82 Å². The molecule has 1 atom stereocenters. The second-order valence-corrected chi connectivity index (χ2v) is 5.60. The highest BCUT2D eigenvalue weighted by molar-refractivity contribution is 5.71. The summed E-state index contributed by atoms with van der Waals surface area (Å²) in [6.07, 6.45) is 0.0435. The molecule has 0 spiro atoms. The highest BCUT2D eigenvalue weighted by Crippen LogP contribution is 2.22. The molecule has 3 rings (SSSR count). The molecule has 0 unspecified atom stereocenters. The molecule has 2 aromatic heterocycles. The van der Waals surface area contributed by atoms with Crippen LogP contribution >= 0.6 is 0 Å². The van der Waals surface area contributed by atoms with Gasteiger partial charge in [0.05, 0.1) is 18.6 Å². The molecule has 0 aliphatic carbocycles. The van der Waals surface area contributed by atoms with Crippen LogP contribution in [0, 0.1) is 0 Å². The summed E-state index contributed by atoms with van der Waals surface area (Å²) in [6, 6.07) is 13.0. The van der Waals surface area contributed by atoms with Crippen LogP contribution in [-0.4, -0.2) is 37.3 Å². The highest BCUT2D eigenvalue weighted by atomic mass is 16.5. The first-order valence-electron chi connectivity index (χ1n) is 7.68. The maximum atomic E-state index is 12.1. The van der Waals surface area contributed by atoms with E-state index in [0.717, 1.165) is 5.56 Å². The molecule has 0 saturated heterocycles. The van der Waals surface area contributed by atoms with Gasteiger partial charge in [0, 0.05) is 0 Å².